The number of benzene rings is 2. The first-order chi connectivity index (χ1) is 10.4. The second-order valence-electron chi connectivity index (χ2n) is 4.30. The van der Waals surface area contributed by atoms with Crippen LogP contribution in [0.25, 0.3) is 22.2 Å². The van der Waals surface area contributed by atoms with E-state index >= 15 is 0 Å². The zero-order chi connectivity index (χ0) is 14.1. The summed E-state index contributed by atoms with van der Waals surface area (Å²) in [4.78, 5) is 8.84. The lowest BCUT2D eigenvalue weighted by Crippen LogP contribution is -1.74. The summed E-state index contributed by atoms with van der Waals surface area (Å²) in [5, 5.41) is 2.07. The Kier molecular flexibility index (Phi) is 3.33. The van der Waals surface area contributed by atoms with Gasteiger partial charge in [-0.05, 0) is 24.3 Å². The van der Waals surface area contributed by atoms with Crippen LogP contribution in [-0.2, 0) is 0 Å². The van der Waals surface area contributed by atoms with Crippen LogP contribution in [0.15, 0.2) is 67.8 Å². The predicted molar refractivity (Wildman–Crippen MR) is 84.6 cm³/mol. The molecule has 4 nitrogen and oxygen atoms in total. The molecule has 2 aromatic carbocycles. The van der Waals surface area contributed by atoms with Gasteiger partial charge in [-0.2, -0.15) is 0 Å². The van der Waals surface area contributed by atoms with Crippen LogP contribution in [-0.4, -0.2) is 15.1 Å². The third kappa shape index (κ3) is 2.64. The molecule has 21 heavy (non-hydrogen) atoms. The van der Waals surface area contributed by atoms with Gasteiger partial charge in [0.05, 0.1) is 5.08 Å². The quantitative estimate of drug-likeness (QED) is 0.398. The summed E-state index contributed by atoms with van der Waals surface area (Å²) in [5.74, 6) is 0. The first-order valence-electron chi connectivity index (χ1n) is 6.35. The van der Waals surface area contributed by atoms with E-state index < -0.39 is 0 Å². The highest BCUT2D eigenvalue weighted by molar-refractivity contribution is 8.15. The number of hydrogen-bond acceptors (Lipinski definition) is 6. The van der Waals surface area contributed by atoms with Crippen LogP contribution < -0.4 is 0 Å². The van der Waals surface area contributed by atoms with E-state index in [0.717, 1.165) is 27.3 Å². The van der Waals surface area contributed by atoms with Crippen LogP contribution >= 0.6 is 23.5 Å². The number of nitrogens with zero attached hydrogens (tertiary/aromatic N) is 2. The van der Waals surface area contributed by atoms with E-state index in [1.807, 2.05) is 48.5 Å². The molecule has 0 fully saturated rings. The van der Waals surface area contributed by atoms with Crippen LogP contribution in [0, 0.1) is 0 Å². The van der Waals surface area contributed by atoms with Gasteiger partial charge in [-0.3, -0.25) is 0 Å². The highest BCUT2D eigenvalue weighted by Crippen LogP contribution is 2.30. The fourth-order valence-corrected chi connectivity index (χ4v) is 3.62. The minimum absolute atomic E-state index is 0.666. The Bertz CT molecular complexity index is 761. The van der Waals surface area contributed by atoms with Crippen LogP contribution in [0.4, 0.5) is 0 Å². The third-order valence-corrected chi connectivity index (χ3v) is 4.70. The van der Waals surface area contributed by atoms with E-state index in [1.54, 1.807) is 0 Å². The van der Waals surface area contributed by atoms with Gasteiger partial charge in [-0.25, -0.2) is 9.97 Å². The van der Waals surface area contributed by atoms with Crippen molar-refractivity contribution in [3.05, 3.63) is 48.5 Å². The van der Waals surface area contributed by atoms with Gasteiger partial charge in [0.15, 0.2) is 11.2 Å². The Morgan fingerprint density at radius 3 is 1.67 bits per heavy atom. The van der Waals surface area contributed by atoms with E-state index in [-0.39, 0.29) is 0 Å². The third-order valence-electron chi connectivity index (χ3n) is 2.91. The summed E-state index contributed by atoms with van der Waals surface area (Å²) in [6.07, 6.45) is 0. The molecule has 0 atom stereocenters. The molecule has 6 heteroatoms. The fraction of sp³-hybridized carbons (Fsp3) is 0.0667. The van der Waals surface area contributed by atoms with Crippen LogP contribution in [0.1, 0.15) is 0 Å². The molecular formula is C15H10N2O2S2. The highest BCUT2D eigenvalue weighted by Gasteiger charge is 2.08. The second-order valence-corrected chi connectivity index (χ2v) is 6.52. The van der Waals surface area contributed by atoms with Gasteiger partial charge in [0.1, 0.15) is 11.0 Å². The predicted octanol–water partition coefficient (Wildman–Crippen LogP) is 4.81. The zero-order valence-corrected chi connectivity index (χ0v) is 12.5. The van der Waals surface area contributed by atoms with E-state index in [4.69, 9.17) is 8.83 Å². The van der Waals surface area contributed by atoms with Gasteiger partial charge < -0.3 is 8.83 Å². The molecule has 0 aliphatic rings. The van der Waals surface area contributed by atoms with Crippen LogP contribution in [0.5, 0.6) is 0 Å². The number of oxazole rings is 2. The number of hydrogen-bond donors (Lipinski definition) is 0. The van der Waals surface area contributed by atoms with Gasteiger partial charge in [-0.15, -0.1) is 0 Å². The first kappa shape index (κ1) is 12.8. The van der Waals surface area contributed by atoms with Gasteiger partial charge in [0.25, 0.3) is 10.4 Å². The summed E-state index contributed by atoms with van der Waals surface area (Å²) in [5.41, 5.74) is 3.39. The number of aromatic nitrogens is 2. The number of fused-ring (bicyclic) bond motifs is 2. The minimum atomic E-state index is 0.666. The SMILES string of the molecule is c1ccc2oc(SCSc3nc4ccccc4o3)nc2c1. The Labute approximate surface area is 128 Å². The minimum Gasteiger partial charge on any atom is -0.431 e. The molecule has 0 aliphatic carbocycles. The molecule has 104 valence electrons. The zero-order valence-electron chi connectivity index (χ0n) is 10.9. The molecule has 0 saturated carbocycles. The molecule has 0 spiro atoms. The second kappa shape index (κ2) is 5.46. The molecule has 4 rings (SSSR count). The number of thioether (sulfide) groups is 2. The molecule has 0 amide bonds. The van der Waals surface area contributed by atoms with Crippen molar-refractivity contribution in [1.29, 1.82) is 0 Å². The Balaban J connectivity index is 1.44. The van der Waals surface area contributed by atoms with Crippen LogP contribution in [0.2, 0.25) is 0 Å². The van der Waals surface area contributed by atoms with E-state index in [2.05, 4.69) is 9.97 Å². The van der Waals surface area contributed by atoms with Crippen molar-refractivity contribution < 1.29 is 8.83 Å². The summed E-state index contributed by atoms with van der Waals surface area (Å²) in [6.45, 7) is 0. The molecule has 0 radical (unpaired) electrons. The normalized spacial score (nSPS) is 11.4. The maximum atomic E-state index is 5.65. The molecule has 0 aliphatic heterocycles. The molecule has 0 unspecified atom stereocenters. The standard InChI is InChI=1S/C15H10N2O2S2/c1-3-7-12-10(5-1)16-14(18-12)20-9-21-15-17-11-6-2-4-8-13(11)19-15/h1-8H,9H2. The van der Waals surface area contributed by atoms with Crippen molar-refractivity contribution in [3.8, 4) is 0 Å². The van der Waals surface area contributed by atoms with Gasteiger partial charge in [0, 0.05) is 0 Å². The molecule has 0 N–H and O–H groups in total. The van der Waals surface area contributed by atoms with Crippen molar-refractivity contribution in [2.45, 2.75) is 10.4 Å². The highest BCUT2D eigenvalue weighted by atomic mass is 32.2. The number of para-hydroxylation sites is 4. The molecule has 0 saturated heterocycles. The topological polar surface area (TPSA) is 52.1 Å². The monoisotopic (exact) mass is 314 g/mol. The molecule has 0 bridgehead atoms. The lowest BCUT2D eigenvalue weighted by Gasteiger charge is -1.92. The summed E-state index contributed by atoms with van der Waals surface area (Å²) in [7, 11) is 0. The van der Waals surface area contributed by atoms with Crippen molar-refractivity contribution in [3.63, 3.8) is 0 Å². The van der Waals surface area contributed by atoms with Gasteiger partial charge in [0.2, 0.25) is 0 Å². The molecule has 2 aromatic heterocycles. The molecule has 2 heterocycles. The van der Waals surface area contributed by atoms with Gasteiger partial charge in [-0.1, -0.05) is 47.8 Å². The molecule has 4 aromatic rings. The summed E-state index contributed by atoms with van der Waals surface area (Å²) < 4.78 is 11.3. The van der Waals surface area contributed by atoms with E-state index in [9.17, 15) is 0 Å². The fourth-order valence-electron chi connectivity index (χ4n) is 1.96. The largest absolute Gasteiger partial charge is 0.431 e. The van der Waals surface area contributed by atoms with E-state index in [0.29, 0.717) is 10.4 Å². The Hall–Kier alpha value is -1.92. The molecular weight excluding hydrogens is 304 g/mol. The maximum absolute atomic E-state index is 5.65. The summed E-state index contributed by atoms with van der Waals surface area (Å²) >= 11 is 3.07. The van der Waals surface area contributed by atoms with Crippen molar-refractivity contribution >= 4 is 45.7 Å². The van der Waals surface area contributed by atoms with E-state index in [1.165, 1.54) is 23.5 Å². The Morgan fingerprint density at radius 2 is 1.19 bits per heavy atom. The van der Waals surface area contributed by atoms with Crippen molar-refractivity contribution in [1.82, 2.24) is 9.97 Å². The average molecular weight is 314 g/mol. The van der Waals surface area contributed by atoms with Crippen LogP contribution in [0.3, 0.4) is 0 Å². The lowest BCUT2D eigenvalue weighted by atomic mass is 10.3. The average Bonchev–Trinajstić information content (AvgIpc) is 3.09. The van der Waals surface area contributed by atoms with Crippen molar-refractivity contribution in [2.75, 3.05) is 5.08 Å². The Morgan fingerprint density at radius 1 is 0.714 bits per heavy atom. The lowest BCUT2D eigenvalue weighted by molar-refractivity contribution is 0.488. The summed E-state index contributed by atoms with van der Waals surface area (Å²) in [6, 6.07) is 15.5. The number of rotatable bonds is 4. The first-order valence-corrected chi connectivity index (χ1v) is 8.32. The maximum Gasteiger partial charge on any atom is 0.257 e. The smallest absolute Gasteiger partial charge is 0.257 e. The van der Waals surface area contributed by atoms with Crippen molar-refractivity contribution in [2.24, 2.45) is 0 Å². The van der Waals surface area contributed by atoms with Gasteiger partial charge >= 0.3 is 0 Å².